The van der Waals surface area contributed by atoms with E-state index in [1.165, 1.54) is 27.8 Å². The van der Waals surface area contributed by atoms with Crippen LogP contribution >= 0.6 is 0 Å². The lowest BCUT2D eigenvalue weighted by molar-refractivity contribution is 0.455. The molecule has 51 heavy (non-hydrogen) atoms. The molecule has 1 heterocycles. The Morgan fingerprint density at radius 1 is 0.686 bits per heavy atom. The van der Waals surface area contributed by atoms with Gasteiger partial charge in [-0.3, -0.25) is 4.99 Å². The maximum Gasteiger partial charge on any atom is 0.145 e. The summed E-state index contributed by atoms with van der Waals surface area (Å²) in [5.41, 5.74) is 13.1. The molecule has 4 aliphatic rings. The number of nitriles is 1. The molecule has 0 amide bonds. The quantitative estimate of drug-likeness (QED) is 0.198. The number of aliphatic imine (C=N–C) groups is 1. The number of hydrogen-bond donors (Lipinski definition) is 1. The van der Waals surface area contributed by atoms with Gasteiger partial charge in [0.2, 0.25) is 0 Å². The highest BCUT2D eigenvalue weighted by Crippen LogP contribution is 2.60. The van der Waals surface area contributed by atoms with Crippen LogP contribution in [0.25, 0.3) is 16.8 Å². The number of nitrogens with zero attached hydrogens (tertiary/aromatic N) is 2. The van der Waals surface area contributed by atoms with Crippen LogP contribution in [0.5, 0.6) is 0 Å². The molecule has 0 saturated heterocycles. The molecule has 244 valence electrons. The van der Waals surface area contributed by atoms with Crippen molar-refractivity contribution in [1.82, 2.24) is 5.32 Å². The normalized spacial score (nSPS) is 21.2. The Morgan fingerprint density at radius 2 is 1.37 bits per heavy atom. The Labute approximate surface area is 300 Å². The first-order valence-electron chi connectivity index (χ1n) is 17.9. The summed E-state index contributed by atoms with van der Waals surface area (Å²) >= 11 is 0. The first kappa shape index (κ1) is 30.8. The predicted molar refractivity (Wildman–Crippen MR) is 208 cm³/mol. The first-order valence-corrected chi connectivity index (χ1v) is 17.9. The van der Waals surface area contributed by atoms with Gasteiger partial charge in [0.05, 0.1) is 17.2 Å². The molecule has 3 atom stereocenters. The zero-order valence-corrected chi connectivity index (χ0v) is 28.3. The summed E-state index contributed by atoms with van der Waals surface area (Å²) in [6.07, 6.45) is 17.4. The number of hydrogen-bond acceptors (Lipinski definition) is 3. The zero-order valence-electron chi connectivity index (χ0n) is 28.3. The summed E-state index contributed by atoms with van der Waals surface area (Å²) < 4.78 is 0. The van der Waals surface area contributed by atoms with Gasteiger partial charge in [-0.05, 0) is 81.6 Å². The number of nitrogens with one attached hydrogen (secondary N) is 1. The van der Waals surface area contributed by atoms with Crippen molar-refractivity contribution in [3.05, 3.63) is 221 Å². The molecule has 0 saturated carbocycles. The second-order valence-electron chi connectivity index (χ2n) is 13.7. The van der Waals surface area contributed by atoms with Crippen LogP contribution in [0, 0.1) is 17.2 Å². The molecular formula is C48H37N3. The Hall–Kier alpha value is -6.24. The van der Waals surface area contributed by atoms with Crippen LogP contribution in [0.1, 0.15) is 52.1 Å². The van der Waals surface area contributed by atoms with Gasteiger partial charge in [-0.1, -0.05) is 152 Å². The predicted octanol–water partition coefficient (Wildman–Crippen LogP) is 10.5. The highest BCUT2D eigenvalue weighted by atomic mass is 15.1. The van der Waals surface area contributed by atoms with Gasteiger partial charge in [-0.15, -0.1) is 0 Å². The average molecular weight is 656 g/mol. The molecule has 0 bridgehead atoms. The summed E-state index contributed by atoms with van der Waals surface area (Å²) in [5, 5.41) is 13.8. The molecule has 0 spiro atoms. The molecule has 0 aromatic heterocycles. The van der Waals surface area contributed by atoms with Gasteiger partial charge in [0, 0.05) is 28.7 Å². The van der Waals surface area contributed by atoms with Gasteiger partial charge < -0.3 is 5.32 Å². The standard InChI is InChI=1S/C48H37N3/c49-32-33-24-26-41-42-27-25-37(30-44(42)48(43(41)28-33,39-20-9-3-10-21-39)40-22-11-4-12-23-40)36-18-13-19-38(29-36)46-31-45(34-14-5-1-6-15-34)50-47(51-46)35-16-7-2-8-17-35/h1,3-7,9-31,41,43,47,50H,2,8H2. The van der Waals surface area contributed by atoms with Crippen molar-refractivity contribution in [1.29, 1.82) is 5.26 Å². The van der Waals surface area contributed by atoms with Crippen molar-refractivity contribution < 1.29 is 0 Å². The lowest BCUT2D eigenvalue weighted by atomic mass is 9.62. The van der Waals surface area contributed by atoms with E-state index in [9.17, 15) is 5.26 Å². The summed E-state index contributed by atoms with van der Waals surface area (Å²) in [6.45, 7) is 0. The van der Waals surface area contributed by atoms with Crippen molar-refractivity contribution in [3.63, 3.8) is 0 Å². The molecule has 0 fully saturated rings. The van der Waals surface area contributed by atoms with Crippen molar-refractivity contribution in [2.45, 2.75) is 30.3 Å². The SMILES string of the molecule is N#CC1=CC2C(C=C1)c1ccc(-c3cccc(C4=NC(C5=CCCC=C5)NC(c5ccccc5)=C4)c3)cc1C2(c1ccccc1)c1ccccc1. The molecule has 5 aromatic rings. The fourth-order valence-electron chi connectivity index (χ4n) is 8.59. The minimum absolute atomic E-state index is 0.0595. The van der Waals surface area contributed by atoms with Crippen LogP contribution in [0.15, 0.2) is 192 Å². The minimum Gasteiger partial charge on any atom is -0.360 e. The molecule has 3 nitrogen and oxygen atoms in total. The highest BCUT2D eigenvalue weighted by molar-refractivity contribution is 6.13. The van der Waals surface area contributed by atoms with Gasteiger partial charge >= 0.3 is 0 Å². The molecule has 1 N–H and O–H groups in total. The molecule has 1 aliphatic heterocycles. The van der Waals surface area contributed by atoms with E-state index in [2.05, 4.69) is 181 Å². The van der Waals surface area contributed by atoms with E-state index in [0.717, 1.165) is 52.1 Å². The average Bonchev–Trinajstić information content (AvgIpc) is 3.51. The van der Waals surface area contributed by atoms with Crippen molar-refractivity contribution in [2.75, 3.05) is 0 Å². The smallest absolute Gasteiger partial charge is 0.145 e. The Morgan fingerprint density at radius 3 is 2.08 bits per heavy atom. The fraction of sp³-hybridized carbons (Fsp3) is 0.125. The second-order valence-corrected chi connectivity index (χ2v) is 13.7. The van der Waals surface area contributed by atoms with Crippen LogP contribution in [0.4, 0.5) is 0 Å². The number of fused-ring (bicyclic) bond motifs is 3. The second kappa shape index (κ2) is 12.9. The fourth-order valence-corrected chi connectivity index (χ4v) is 8.59. The summed E-state index contributed by atoms with van der Waals surface area (Å²) in [7, 11) is 0. The minimum atomic E-state index is -0.468. The van der Waals surface area contributed by atoms with Crippen LogP contribution in [0.3, 0.4) is 0 Å². The summed E-state index contributed by atoms with van der Waals surface area (Å²) in [4.78, 5) is 5.28. The molecule has 3 unspecified atom stereocenters. The lowest BCUT2D eigenvalue weighted by Gasteiger charge is -2.39. The third-order valence-corrected chi connectivity index (χ3v) is 10.9. The van der Waals surface area contributed by atoms with E-state index in [4.69, 9.17) is 4.99 Å². The van der Waals surface area contributed by atoms with E-state index in [-0.39, 0.29) is 18.0 Å². The van der Waals surface area contributed by atoms with E-state index in [1.807, 2.05) is 6.08 Å². The Bertz CT molecular complexity index is 2310. The van der Waals surface area contributed by atoms with Crippen LogP contribution in [0.2, 0.25) is 0 Å². The monoisotopic (exact) mass is 655 g/mol. The first-order chi connectivity index (χ1) is 25.2. The van der Waals surface area contributed by atoms with E-state index in [1.54, 1.807) is 0 Å². The molecule has 3 heteroatoms. The van der Waals surface area contributed by atoms with E-state index >= 15 is 0 Å². The lowest BCUT2D eigenvalue weighted by Crippen LogP contribution is -2.35. The molecule has 0 radical (unpaired) electrons. The summed E-state index contributed by atoms with van der Waals surface area (Å²) in [5.74, 6) is 0.216. The Kier molecular flexibility index (Phi) is 7.79. The van der Waals surface area contributed by atoms with Crippen LogP contribution < -0.4 is 5.32 Å². The molecular weight excluding hydrogens is 619 g/mol. The largest absolute Gasteiger partial charge is 0.360 e. The summed E-state index contributed by atoms with van der Waals surface area (Å²) in [6, 6.07) is 50.5. The van der Waals surface area contributed by atoms with Crippen molar-refractivity contribution >= 4 is 11.4 Å². The van der Waals surface area contributed by atoms with Crippen LogP contribution in [-0.2, 0) is 5.41 Å². The molecule has 3 aliphatic carbocycles. The van der Waals surface area contributed by atoms with Crippen LogP contribution in [-0.4, -0.2) is 11.9 Å². The maximum atomic E-state index is 10.0. The van der Waals surface area contributed by atoms with Gasteiger partial charge in [0.1, 0.15) is 6.17 Å². The topological polar surface area (TPSA) is 48.2 Å². The van der Waals surface area contributed by atoms with Gasteiger partial charge in [0.25, 0.3) is 0 Å². The number of allylic oxidation sites excluding steroid dienone is 7. The number of rotatable bonds is 6. The Balaban J connectivity index is 1.19. The molecule has 9 rings (SSSR count). The van der Waals surface area contributed by atoms with Gasteiger partial charge in [0.15, 0.2) is 0 Å². The zero-order chi connectivity index (χ0) is 34.2. The maximum absolute atomic E-state index is 10.0. The number of benzene rings is 5. The molecule has 5 aromatic carbocycles. The van der Waals surface area contributed by atoms with Gasteiger partial charge in [-0.2, -0.15) is 5.26 Å². The highest BCUT2D eigenvalue weighted by Gasteiger charge is 2.53. The van der Waals surface area contributed by atoms with Crippen molar-refractivity contribution in [2.24, 2.45) is 10.9 Å². The van der Waals surface area contributed by atoms with Crippen molar-refractivity contribution in [3.8, 4) is 17.2 Å². The third-order valence-electron chi connectivity index (χ3n) is 10.9. The van der Waals surface area contributed by atoms with Gasteiger partial charge in [-0.25, -0.2) is 0 Å². The third kappa shape index (κ3) is 5.32. The van der Waals surface area contributed by atoms with E-state index in [0.29, 0.717) is 0 Å². The van der Waals surface area contributed by atoms with E-state index < -0.39 is 5.41 Å².